The molecule has 0 aliphatic carbocycles. The summed E-state index contributed by atoms with van der Waals surface area (Å²) in [6.07, 6.45) is 6.26. The van der Waals surface area contributed by atoms with Crippen molar-refractivity contribution in [1.82, 2.24) is 14.7 Å². The Labute approximate surface area is 189 Å². The molecule has 7 nitrogen and oxygen atoms in total. The van der Waals surface area contributed by atoms with Crippen molar-refractivity contribution < 1.29 is 13.9 Å². The number of carbonyl (C=O) groups excluding carboxylic acids is 1. The summed E-state index contributed by atoms with van der Waals surface area (Å²) in [6.45, 7) is 6.45. The van der Waals surface area contributed by atoms with Crippen molar-refractivity contribution in [3.63, 3.8) is 0 Å². The lowest BCUT2D eigenvalue weighted by molar-refractivity contribution is -0.135. The van der Waals surface area contributed by atoms with Gasteiger partial charge in [0, 0.05) is 38.8 Å². The third kappa shape index (κ3) is 6.43. The number of carbonyl (C=O) groups is 1. The summed E-state index contributed by atoms with van der Waals surface area (Å²) >= 11 is 0. The predicted octanol–water partition coefficient (Wildman–Crippen LogP) is 2.74. The summed E-state index contributed by atoms with van der Waals surface area (Å²) in [6, 6.07) is 11.8. The molecule has 2 aromatic rings. The van der Waals surface area contributed by atoms with Crippen LogP contribution in [-0.2, 0) is 17.9 Å². The minimum absolute atomic E-state index is 0.0979. The summed E-state index contributed by atoms with van der Waals surface area (Å²) in [5, 5.41) is 0. The van der Waals surface area contributed by atoms with Gasteiger partial charge in [0.15, 0.2) is 6.61 Å². The quantitative estimate of drug-likeness (QED) is 0.661. The Balaban J connectivity index is 1.22. The van der Waals surface area contributed by atoms with E-state index in [-0.39, 0.29) is 23.7 Å². The number of hydrogen-bond donors (Lipinski definition) is 0. The average Bonchev–Trinajstić information content (AvgIpc) is 3.08. The fraction of sp³-hybridized carbons (Fsp3) is 0.520. The van der Waals surface area contributed by atoms with E-state index in [9.17, 15) is 9.59 Å². The van der Waals surface area contributed by atoms with E-state index in [2.05, 4.69) is 21.9 Å². The van der Waals surface area contributed by atoms with Crippen LogP contribution in [0.5, 0.6) is 5.75 Å². The van der Waals surface area contributed by atoms with Gasteiger partial charge in [-0.3, -0.25) is 19.4 Å². The molecule has 0 spiro atoms. The summed E-state index contributed by atoms with van der Waals surface area (Å²) in [4.78, 5) is 31.4. The van der Waals surface area contributed by atoms with E-state index in [4.69, 9.17) is 9.15 Å². The maximum absolute atomic E-state index is 12.6. The van der Waals surface area contributed by atoms with Gasteiger partial charge in [0.2, 0.25) is 11.2 Å². The molecule has 2 aliphatic heterocycles. The Morgan fingerprint density at radius 3 is 2.25 bits per heavy atom. The highest BCUT2D eigenvalue weighted by atomic mass is 16.5. The molecule has 0 N–H and O–H groups in total. The number of benzene rings is 1. The number of rotatable bonds is 7. The molecule has 3 heterocycles. The molecule has 4 rings (SSSR count). The molecular formula is C25H33N3O4. The SMILES string of the molecule is O=C(COc1coc(CN2CCCCCC2)cc1=O)N1CCN(Cc2ccccc2)CC1. The molecule has 0 radical (unpaired) electrons. The van der Waals surface area contributed by atoms with Crippen molar-refractivity contribution in [3.05, 3.63) is 64.2 Å². The maximum atomic E-state index is 12.6. The van der Waals surface area contributed by atoms with Gasteiger partial charge in [-0.25, -0.2) is 0 Å². The fourth-order valence-electron chi connectivity index (χ4n) is 4.37. The number of piperazine rings is 1. The first-order valence-corrected chi connectivity index (χ1v) is 11.7. The number of hydrogen-bond acceptors (Lipinski definition) is 6. The van der Waals surface area contributed by atoms with Crippen LogP contribution in [0.15, 0.2) is 51.9 Å². The van der Waals surface area contributed by atoms with Crippen molar-refractivity contribution >= 4 is 5.91 Å². The zero-order chi connectivity index (χ0) is 22.2. The maximum Gasteiger partial charge on any atom is 0.260 e. The second-order valence-corrected chi connectivity index (χ2v) is 8.70. The van der Waals surface area contributed by atoms with Crippen molar-refractivity contribution in [2.45, 2.75) is 38.8 Å². The van der Waals surface area contributed by atoms with Gasteiger partial charge in [-0.05, 0) is 31.5 Å². The van der Waals surface area contributed by atoms with Crippen molar-refractivity contribution in [2.24, 2.45) is 0 Å². The summed E-state index contributed by atoms with van der Waals surface area (Å²) in [7, 11) is 0. The normalized spacial score (nSPS) is 18.3. The smallest absolute Gasteiger partial charge is 0.260 e. The molecule has 7 heteroatoms. The molecule has 172 valence electrons. The molecule has 0 saturated carbocycles. The molecule has 2 fully saturated rings. The van der Waals surface area contributed by atoms with Gasteiger partial charge in [0.25, 0.3) is 5.91 Å². The molecule has 32 heavy (non-hydrogen) atoms. The van der Waals surface area contributed by atoms with Crippen LogP contribution < -0.4 is 10.2 Å². The Morgan fingerprint density at radius 1 is 0.875 bits per heavy atom. The number of amides is 1. The lowest BCUT2D eigenvalue weighted by atomic mass is 10.2. The summed E-state index contributed by atoms with van der Waals surface area (Å²) in [5.41, 5.74) is 1.04. The highest BCUT2D eigenvalue weighted by molar-refractivity contribution is 5.77. The Morgan fingerprint density at radius 2 is 1.56 bits per heavy atom. The Kier molecular flexibility index (Phi) is 7.96. The van der Waals surface area contributed by atoms with Gasteiger partial charge in [-0.15, -0.1) is 0 Å². The standard InChI is InChI=1S/C25H33N3O4/c29-23-16-22(18-26-10-6-1-2-7-11-26)31-19-24(23)32-20-25(30)28-14-12-27(13-15-28)17-21-8-4-3-5-9-21/h3-5,8-9,16,19H,1-2,6-7,10-15,17-18,20H2. The van der Waals surface area contributed by atoms with Crippen molar-refractivity contribution in [3.8, 4) is 5.75 Å². The minimum atomic E-state index is -0.235. The van der Waals surface area contributed by atoms with Gasteiger partial charge in [0.1, 0.15) is 12.0 Å². The molecule has 2 aliphatic rings. The molecular weight excluding hydrogens is 406 g/mol. The largest absolute Gasteiger partial charge is 0.477 e. The Bertz CT molecular complexity index is 914. The number of likely N-dealkylation sites (tertiary alicyclic amines) is 1. The average molecular weight is 440 g/mol. The molecule has 1 aromatic carbocycles. The fourth-order valence-corrected chi connectivity index (χ4v) is 4.37. The van der Waals surface area contributed by atoms with Crippen LogP contribution in [0.3, 0.4) is 0 Å². The van der Waals surface area contributed by atoms with Gasteiger partial charge in [-0.2, -0.15) is 0 Å². The first-order valence-electron chi connectivity index (χ1n) is 11.7. The third-order valence-electron chi connectivity index (χ3n) is 6.26. The summed E-state index contributed by atoms with van der Waals surface area (Å²) < 4.78 is 11.1. The van der Waals surface area contributed by atoms with Crippen LogP contribution in [0.1, 0.15) is 37.0 Å². The third-order valence-corrected chi connectivity index (χ3v) is 6.26. The second-order valence-electron chi connectivity index (χ2n) is 8.70. The topological polar surface area (TPSA) is 66.2 Å². The van der Waals surface area contributed by atoms with Gasteiger partial charge in [-0.1, -0.05) is 43.2 Å². The molecule has 2 saturated heterocycles. The number of ether oxygens (including phenoxy) is 1. The Hall–Kier alpha value is -2.64. The first-order chi connectivity index (χ1) is 15.7. The molecule has 0 unspecified atom stereocenters. The van der Waals surface area contributed by atoms with E-state index in [0.717, 1.165) is 32.7 Å². The first kappa shape index (κ1) is 22.6. The van der Waals surface area contributed by atoms with Crippen LogP contribution in [0.2, 0.25) is 0 Å². The van der Waals surface area contributed by atoms with Gasteiger partial charge < -0.3 is 14.1 Å². The van der Waals surface area contributed by atoms with E-state index in [1.807, 2.05) is 18.2 Å². The molecule has 1 aromatic heterocycles. The summed E-state index contributed by atoms with van der Waals surface area (Å²) in [5.74, 6) is 0.642. The van der Waals surface area contributed by atoms with Gasteiger partial charge >= 0.3 is 0 Å². The monoisotopic (exact) mass is 439 g/mol. The van der Waals surface area contributed by atoms with E-state index in [0.29, 0.717) is 25.4 Å². The zero-order valence-electron chi connectivity index (χ0n) is 18.7. The second kappa shape index (κ2) is 11.3. The molecule has 0 bridgehead atoms. The number of nitrogens with zero attached hydrogens (tertiary/aromatic N) is 3. The van der Waals surface area contributed by atoms with Crippen molar-refractivity contribution in [2.75, 3.05) is 45.9 Å². The van der Waals surface area contributed by atoms with E-state index < -0.39 is 0 Å². The highest BCUT2D eigenvalue weighted by Gasteiger charge is 2.22. The zero-order valence-corrected chi connectivity index (χ0v) is 18.7. The van der Waals surface area contributed by atoms with Crippen LogP contribution in [0.4, 0.5) is 0 Å². The van der Waals surface area contributed by atoms with Crippen LogP contribution >= 0.6 is 0 Å². The highest BCUT2D eigenvalue weighted by Crippen LogP contribution is 2.14. The van der Waals surface area contributed by atoms with Gasteiger partial charge in [0.05, 0.1) is 6.54 Å². The van der Waals surface area contributed by atoms with Crippen LogP contribution in [0, 0.1) is 0 Å². The lowest BCUT2D eigenvalue weighted by Crippen LogP contribution is -2.49. The predicted molar refractivity (Wildman–Crippen MR) is 123 cm³/mol. The van der Waals surface area contributed by atoms with Crippen LogP contribution in [0.25, 0.3) is 0 Å². The van der Waals surface area contributed by atoms with Crippen LogP contribution in [-0.4, -0.2) is 66.5 Å². The van der Waals surface area contributed by atoms with E-state index in [1.54, 1.807) is 4.90 Å². The van der Waals surface area contributed by atoms with Crippen molar-refractivity contribution in [1.29, 1.82) is 0 Å². The molecule has 1 amide bonds. The minimum Gasteiger partial charge on any atom is -0.477 e. The van der Waals surface area contributed by atoms with E-state index >= 15 is 0 Å². The molecule has 0 atom stereocenters. The lowest BCUT2D eigenvalue weighted by Gasteiger charge is -2.34. The van der Waals surface area contributed by atoms with E-state index in [1.165, 1.54) is 43.6 Å².